The minimum Gasteiger partial charge on any atom is -0.306 e. The van der Waals surface area contributed by atoms with Gasteiger partial charge in [-0.05, 0) is 37.7 Å². The number of thioether (sulfide) groups is 1. The minimum atomic E-state index is 0.664. The summed E-state index contributed by atoms with van der Waals surface area (Å²) in [6.07, 6.45) is 1.15. The fraction of sp³-hybridized carbons (Fsp3) is 0.571. The van der Waals surface area contributed by atoms with Gasteiger partial charge in [-0.25, -0.2) is 0 Å². The number of benzene rings is 1. The van der Waals surface area contributed by atoms with Crippen molar-refractivity contribution in [3.63, 3.8) is 0 Å². The van der Waals surface area contributed by atoms with Gasteiger partial charge in [0.05, 0.1) is 0 Å². The first-order valence-corrected chi connectivity index (χ1v) is 6.94. The highest BCUT2D eigenvalue weighted by Crippen LogP contribution is 2.22. The predicted octanol–water partition coefficient (Wildman–Crippen LogP) is 3.68. The second kappa shape index (κ2) is 6.97. The summed E-state index contributed by atoms with van der Waals surface area (Å²) in [5.41, 5.74) is 1.44. The van der Waals surface area contributed by atoms with E-state index in [0.29, 0.717) is 5.25 Å². The van der Waals surface area contributed by atoms with E-state index in [9.17, 15) is 0 Å². The summed E-state index contributed by atoms with van der Waals surface area (Å²) in [4.78, 5) is 3.72. The average Bonchev–Trinajstić information content (AvgIpc) is 2.27. The van der Waals surface area contributed by atoms with Crippen molar-refractivity contribution in [3.8, 4) is 0 Å². The summed E-state index contributed by atoms with van der Waals surface area (Å²) in [5, 5.41) is 0.664. The first-order chi connectivity index (χ1) is 7.61. The van der Waals surface area contributed by atoms with E-state index in [0.717, 1.165) is 19.5 Å². The largest absolute Gasteiger partial charge is 0.306 e. The predicted molar refractivity (Wildman–Crippen MR) is 74.3 cm³/mol. The molecule has 0 aliphatic rings. The van der Waals surface area contributed by atoms with E-state index in [-0.39, 0.29) is 0 Å². The Morgan fingerprint density at radius 1 is 1.19 bits per heavy atom. The summed E-state index contributed by atoms with van der Waals surface area (Å²) >= 11 is 1.93. The monoisotopic (exact) mass is 237 g/mol. The molecule has 2 heteroatoms. The smallest absolute Gasteiger partial charge is 0.00747 e. The topological polar surface area (TPSA) is 3.24 Å². The van der Waals surface area contributed by atoms with Crippen LogP contribution in [0.15, 0.2) is 29.2 Å². The van der Waals surface area contributed by atoms with Crippen LogP contribution < -0.4 is 0 Å². The molecule has 0 fully saturated rings. The summed E-state index contributed by atoms with van der Waals surface area (Å²) < 4.78 is 0. The van der Waals surface area contributed by atoms with Gasteiger partial charge in [0.25, 0.3) is 0 Å². The van der Waals surface area contributed by atoms with Crippen LogP contribution in [-0.4, -0.2) is 30.3 Å². The zero-order valence-electron chi connectivity index (χ0n) is 10.9. The van der Waals surface area contributed by atoms with E-state index < -0.39 is 0 Å². The Balaban J connectivity index is 2.45. The highest BCUT2D eigenvalue weighted by molar-refractivity contribution is 7.99. The maximum absolute atomic E-state index is 2.34. The molecule has 0 aliphatic carbocycles. The minimum absolute atomic E-state index is 0.664. The molecule has 0 radical (unpaired) electrons. The maximum atomic E-state index is 2.34. The fourth-order valence-corrected chi connectivity index (χ4v) is 2.32. The molecule has 0 unspecified atom stereocenters. The lowest BCUT2D eigenvalue weighted by molar-refractivity contribution is 0.357. The molecule has 0 heterocycles. The Bertz CT molecular complexity index is 292. The van der Waals surface area contributed by atoms with Crippen LogP contribution >= 0.6 is 11.8 Å². The lowest BCUT2D eigenvalue weighted by Gasteiger charge is -2.13. The van der Waals surface area contributed by atoms with Gasteiger partial charge in [-0.15, -0.1) is 11.8 Å². The molecule has 0 saturated carbocycles. The third-order valence-electron chi connectivity index (χ3n) is 2.62. The van der Waals surface area contributed by atoms with Crippen LogP contribution in [0.3, 0.4) is 0 Å². The third kappa shape index (κ3) is 5.04. The Labute approximate surface area is 104 Å². The molecule has 0 aromatic heterocycles. The molecule has 1 aromatic rings. The normalized spacial score (nSPS) is 11.4. The summed E-state index contributed by atoms with van der Waals surface area (Å²) in [6, 6.07) is 9.00. The van der Waals surface area contributed by atoms with Gasteiger partial charge in [0.2, 0.25) is 0 Å². The third-order valence-corrected chi connectivity index (χ3v) is 3.63. The Kier molecular flexibility index (Phi) is 5.93. The standard InChI is InChI=1S/C14H23NS/c1-5-15(4)11-10-13-6-8-14(9-7-13)16-12(2)3/h6-9,12H,5,10-11H2,1-4H3. The first kappa shape index (κ1) is 13.6. The molecule has 1 aromatic carbocycles. The fourth-order valence-electron chi connectivity index (χ4n) is 1.48. The summed E-state index contributed by atoms with van der Waals surface area (Å²) in [6.45, 7) is 8.93. The van der Waals surface area contributed by atoms with Crippen LogP contribution in [0.2, 0.25) is 0 Å². The van der Waals surface area contributed by atoms with Gasteiger partial charge < -0.3 is 4.90 Å². The van der Waals surface area contributed by atoms with Crippen LogP contribution in [0.4, 0.5) is 0 Å². The molecular formula is C14H23NS. The van der Waals surface area contributed by atoms with Crippen molar-refractivity contribution in [1.82, 2.24) is 4.90 Å². The molecule has 16 heavy (non-hydrogen) atoms. The van der Waals surface area contributed by atoms with Crippen LogP contribution in [-0.2, 0) is 6.42 Å². The summed E-state index contributed by atoms with van der Waals surface area (Å²) in [7, 11) is 2.17. The quantitative estimate of drug-likeness (QED) is 0.694. The molecular weight excluding hydrogens is 214 g/mol. The number of rotatable bonds is 6. The Morgan fingerprint density at radius 2 is 1.81 bits per heavy atom. The molecule has 0 aliphatic heterocycles. The van der Waals surface area contributed by atoms with Crippen molar-refractivity contribution >= 4 is 11.8 Å². The van der Waals surface area contributed by atoms with E-state index in [2.05, 4.69) is 57.0 Å². The van der Waals surface area contributed by atoms with Gasteiger partial charge in [-0.1, -0.05) is 32.9 Å². The van der Waals surface area contributed by atoms with Crippen LogP contribution in [0, 0.1) is 0 Å². The second-order valence-electron chi connectivity index (χ2n) is 4.46. The molecule has 0 saturated heterocycles. The van der Waals surface area contributed by atoms with Crippen molar-refractivity contribution in [2.24, 2.45) is 0 Å². The van der Waals surface area contributed by atoms with E-state index in [1.165, 1.54) is 10.5 Å². The zero-order valence-corrected chi connectivity index (χ0v) is 11.7. The Morgan fingerprint density at radius 3 is 2.31 bits per heavy atom. The van der Waals surface area contributed by atoms with Crippen LogP contribution in [0.5, 0.6) is 0 Å². The highest BCUT2D eigenvalue weighted by atomic mass is 32.2. The van der Waals surface area contributed by atoms with Gasteiger partial charge in [0.1, 0.15) is 0 Å². The van der Waals surface area contributed by atoms with Crippen molar-refractivity contribution in [1.29, 1.82) is 0 Å². The van der Waals surface area contributed by atoms with Crippen molar-refractivity contribution < 1.29 is 0 Å². The molecule has 0 atom stereocenters. The first-order valence-electron chi connectivity index (χ1n) is 6.06. The van der Waals surface area contributed by atoms with Gasteiger partial charge in [0, 0.05) is 16.7 Å². The number of hydrogen-bond acceptors (Lipinski definition) is 2. The van der Waals surface area contributed by atoms with Crippen molar-refractivity contribution in [2.75, 3.05) is 20.1 Å². The van der Waals surface area contributed by atoms with Crippen molar-refractivity contribution in [2.45, 2.75) is 37.3 Å². The molecule has 0 bridgehead atoms. The lowest BCUT2D eigenvalue weighted by atomic mass is 10.1. The van der Waals surface area contributed by atoms with Gasteiger partial charge >= 0.3 is 0 Å². The van der Waals surface area contributed by atoms with Gasteiger partial charge in [-0.3, -0.25) is 0 Å². The number of likely N-dealkylation sites (N-methyl/N-ethyl adjacent to an activating group) is 1. The zero-order chi connectivity index (χ0) is 12.0. The van der Waals surface area contributed by atoms with E-state index >= 15 is 0 Å². The maximum Gasteiger partial charge on any atom is 0.00747 e. The number of nitrogens with zero attached hydrogens (tertiary/aromatic N) is 1. The molecule has 1 rings (SSSR count). The van der Waals surface area contributed by atoms with E-state index in [1.807, 2.05) is 11.8 Å². The molecule has 0 amide bonds. The SMILES string of the molecule is CCN(C)CCc1ccc(SC(C)C)cc1. The Hall–Kier alpha value is -0.470. The molecule has 0 N–H and O–H groups in total. The number of hydrogen-bond donors (Lipinski definition) is 0. The van der Waals surface area contributed by atoms with Gasteiger partial charge in [-0.2, -0.15) is 0 Å². The molecule has 90 valence electrons. The average molecular weight is 237 g/mol. The van der Waals surface area contributed by atoms with Crippen molar-refractivity contribution in [3.05, 3.63) is 29.8 Å². The van der Waals surface area contributed by atoms with Gasteiger partial charge in [0.15, 0.2) is 0 Å². The molecule has 1 nitrogen and oxygen atoms in total. The second-order valence-corrected chi connectivity index (χ2v) is 6.11. The summed E-state index contributed by atoms with van der Waals surface area (Å²) in [5.74, 6) is 0. The van der Waals surface area contributed by atoms with Crippen LogP contribution in [0.25, 0.3) is 0 Å². The highest BCUT2D eigenvalue weighted by Gasteiger charge is 2.00. The van der Waals surface area contributed by atoms with Crippen LogP contribution in [0.1, 0.15) is 26.3 Å². The van der Waals surface area contributed by atoms with E-state index in [1.54, 1.807) is 0 Å². The molecule has 0 spiro atoms. The lowest BCUT2D eigenvalue weighted by Crippen LogP contribution is -2.20. The van der Waals surface area contributed by atoms with E-state index in [4.69, 9.17) is 0 Å².